The third-order valence-corrected chi connectivity index (χ3v) is 6.74. The maximum Gasteiger partial charge on any atom is 0.297 e. The van der Waals surface area contributed by atoms with E-state index in [1.165, 1.54) is 16.2 Å². The molecule has 2 heterocycles. The number of halogens is 1. The molecule has 5 rings (SSSR count). The predicted octanol–water partition coefficient (Wildman–Crippen LogP) is 5.11. The molecule has 2 unspecified atom stereocenters. The first-order valence-corrected chi connectivity index (χ1v) is 10.8. The third-order valence-electron chi connectivity index (χ3n) is 5.36. The molecule has 7 heteroatoms. The number of benzene rings is 3. The van der Waals surface area contributed by atoms with Crippen molar-refractivity contribution in [3.05, 3.63) is 95.0 Å². The molecule has 0 saturated carbocycles. The van der Waals surface area contributed by atoms with Crippen LogP contribution in [0.25, 0.3) is 10.2 Å². The lowest BCUT2D eigenvalue weighted by molar-refractivity contribution is -0.135. The third kappa shape index (κ3) is 3.24. The number of Topliss-reactive ketones (excluding diaryl/α,β-unsaturated/α-hetero) is 2. The van der Waals surface area contributed by atoms with E-state index in [0.717, 1.165) is 10.2 Å². The molecule has 4 aromatic rings. The highest BCUT2D eigenvalue weighted by atomic mass is 35.5. The van der Waals surface area contributed by atoms with E-state index >= 15 is 0 Å². The minimum atomic E-state index is -1.21. The first-order valence-electron chi connectivity index (χ1n) is 9.63. The van der Waals surface area contributed by atoms with Crippen LogP contribution in [0, 0.1) is 5.92 Å². The predicted molar refractivity (Wildman–Crippen MR) is 121 cm³/mol. The number of rotatable bonds is 4. The maximum absolute atomic E-state index is 13.4. The van der Waals surface area contributed by atoms with Gasteiger partial charge in [-0.25, -0.2) is 4.98 Å². The second-order valence-electron chi connectivity index (χ2n) is 7.18. The lowest BCUT2D eigenvalue weighted by atomic mass is 9.86. The van der Waals surface area contributed by atoms with Gasteiger partial charge in [-0.3, -0.25) is 19.3 Å². The number of aromatic nitrogens is 1. The highest BCUT2D eigenvalue weighted by Crippen LogP contribution is 2.45. The highest BCUT2D eigenvalue weighted by molar-refractivity contribution is 7.22. The van der Waals surface area contributed by atoms with Gasteiger partial charge in [-0.05, 0) is 23.8 Å². The molecule has 0 aliphatic carbocycles. The van der Waals surface area contributed by atoms with Crippen molar-refractivity contribution in [1.29, 1.82) is 0 Å². The summed E-state index contributed by atoms with van der Waals surface area (Å²) in [6.07, 6.45) is 0. The molecule has 1 saturated heterocycles. The normalized spacial score (nSPS) is 18.7. The molecule has 1 aliphatic rings. The van der Waals surface area contributed by atoms with Crippen molar-refractivity contribution in [2.75, 3.05) is 4.90 Å². The van der Waals surface area contributed by atoms with Crippen LogP contribution in [0.2, 0.25) is 5.02 Å². The number of ketones is 2. The van der Waals surface area contributed by atoms with Crippen molar-refractivity contribution in [1.82, 2.24) is 4.98 Å². The van der Waals surface area contributed by atoms with Crippen LogP contribution in [-0.4, -0.2) is 22.5 Å². The number of para-hydroxylation sites is 1. The molecule has 0 radical (unpaired) electrons. The first-order chi connectivity index (χ1) is 15.1. The first kappa shape index (κ1) is 19.6. The Balaban J connectivity index is 1.69. The molecule has 0 spiro atoms. The minimum absolute atomic E-state index is 0.368. The van der Waals surface area contributed by atoms with Gasteiger partial charge in [-0.1, -0.05) is 83.6 Å². The maximum atomic E-state index is 13.4. The van der Waals surface area contributed by atoms with E-state index in [2.05, 4.69) is 4.98 Å². The van der Waals surface area contributed by atoms with Crippen LogP contribution >= 0.6 is 22.9 Å². The van der Waals surface area contributed by atoms with Gasteiger partial charge in [-0.15, -0.1) is 0 Å². The van der Waals surface area contributed by atoms with Gasteiger partial charge in [0, 0.05) is 10.6 Å². The fraction of sp³-hybridized carbons (Fsp3) is 0.0833. The van der Waals surface area contributed by atoms with Gasteiger partial charge in [0.05, 0.1) is 16.3 Å². The Morgan fingerprint density at radius 3 is 2.32 bits per heavy atom. The molecule has 0 bridgehead atoms. The molecule has 1 amide bonds. The zero-order valence-corrected chi connectivity index (χ0v) is 17.6. The number of hydrogen-bond donors (Lipinski definition) is 0. The van der Waals surface area contributed by atoms with E-state index in [0.29, 0.717) is 21.3 Å². The van der Waals surface area contributed by atoms with E-state index in [4.69, 9.17) is 11.6 Å². The summed E-state index contributed by atoms with van der Waals surface area (Å²) in [7, 11) is 0. The van der Waals surface area contributed by atoms with E-state index in [9.17, 15) is 14.4 Å². The fourth-order valence-electron chi connectivity index (χ4n) is 3.92. The Kier molecular flexibility index (Phi) is 4.88. The molecule has 1 fully saturated rings. The summed E-state index contributed by atoms with van der Waals surface area (Å²) < 4.78 is 0.883. The highest BCUT2D eigenvalue weighted by Gasteiger charge is 2.53. The Hall–Kier alpha value is -3.35. The van der Waals surface area contributed by atoms with E-state index in [1.54, 1.807) is 54.6 Å². The molecular weight excluding hydrogens is 432 g/mol. The van der Waals surface area contributed by atoms with Gasteiger partial charge < -0.3 is 0 Å². The Morgan fingerprint density at radius 2 is 1.58 bits per heavy atom. The zero-order valence-electron chi connectivity index (χ0n) is 16.1. The zero-order chi connectivity index (χ0) is 21.5. The Morgan fingerprint density at radius 1 is 0.903 bits per heavy atom. The van der Waals surface area contributed by atoms with Crippen molar-refractivity contribution in [3.8, 4) is 0 Å². The van der Waals surface area contributed by atoms with Gasteiger partial charge >= 0.3 is 0 Å². The molecule has 3 aromatic carbocycles. The van der Waals surface area contributed by atoms with Crippen molar-refractivity contribution < 1.29 is 14.4 Å². The van der Waals surface area contributed by atoms with E-state index in [1.807, 2.05) is 24.3 Å². The number of thiazole rings is 1. The summed E-state index contributed by atoms with van der Waals surface area (Å²) in [6.45, 7) is 0. The summed E-state index contributed by atoms with van der Waals surface area (Å²) in [5, 5.41) is 0.750. The van der Waals surface area contributed by atoms with Crippen molar-refractivity contribution >= 4 is 55.8 Å². The van der Waals surface area contributed by atoms with Gasteiger partial charge in [0.25, 0.3) is 5.91 Å². The van der Waals surface area contributed by atoms with Crippen LogP contribution in [0.1, 0.15) is 22.0 Å². The smallest absolute Gasteiger partial charge is 0.293 e. The molecule has 152 valence electrons. The standard InChI is InChI=1S/C24H15ClN2O3S/c25-16-11-5-4-10-15(16)20-19(21(28)14-8-2-1-3-9-14)22(29)23(30)27(20)24-26-17-12-6-7-13-18(17)31-24/h1-13,19-20H. The molecule has 0 N–H and O–H groups in total. The number of fused-ring (bicyclic) bond motifs is 1. The average molecular weight is 447 g/mol. The van der Waals surface area contributed by atoms with Crippen molar-refractivity contribution in [2.24, 2.45) is 5.92 Å². The number of hydrogen-bond acceptors (Lipinski definition) is 5. The van der Waals surface area contributed by atoms with Crippen LogP contribution in [-0.2, 0) is 9.59 Å². The van der Waals surface area contributed by atoms with Gasteiger partial charge in [-0.2, -0.15) is 0 Å². The number of carbonyl (C=O) groups is 3. The lowest BCUT2D eigenvalue weighted by Crippen LogP contribution is -2.30. The summed E-state index contributed by atoms with van der Waals surface area (Å²) in [5.74, 6) is -3.12. The summed E-state index contributed by atoms with van der Waals surface area (Å²) in [4.78, 5) is 45.6. The van der Waals surface area contributed by atoms with Gasteiger partial charge in [0.1, 0.15) is 5.92 Å². The number of carbonyl (C=O) groups excluding carboxylic acids is 3. The Bertz CT molecular complexity index is 1300. The molecule has 1 aliphatic heterocycles. The Labute approximate surface area is 186 Å². The number of anilines is 1. The topological polar surface area (TPSA) is 67.3 Å². The summed E-state index contributed by atoms with van der Waals surface area (Å²) >= 11 is 7.77. The van der Waals surface area contributed by atoms with Crippen LogP contribution in [0.3, 0.4) is 0 Å². The largest absolute Gasteiger partial charge is 0.297 e. The SMILES string of the molecule is O=C1C(=O)N(c2nc3ccccc3s2)C(c2ccccc2Cl)C1C(=O)c1ccccc1. The summed E-state index contributed by atoms with van der Waals surface area (Å²) in [6, 6.07) is 22.1. The number of amides is 1. The van der Waals surface area contributed by atoms with Crippen molar-refractivity contribution in [2.45, 2.75) is 6.04 Å². The fourth-order valence-corrected chi connectivity index (χ4v) is 5.17. The summed E-state index contributed by atoms with van der Waals surface area (Å²) in [5.41, 5.74) is 1.63. The average Bonchev–Trinajstić information content (AvgIpc) is 3.33. The van der Waals surface area contributed by atoms with E-state index < -0.39 is 29.4 Å². The minimum Gasteiger partial charge on any atom is -0.293 e. The van der Waals surface area contributed by atoms with Gasteiger partial charge in [0.2, 0.25) is 5.78 Å². The van der Waals surface area contributed by atoms with Crippen molar-refractivity contribution in [3.63, 3.8) is 0 Å². The molecule has 5 nitrogen and oxygen atoms in total. The van der Waals surface area contributed by atoms with Crippen LogP contribution < -0.4 is 4.90 Å². The monoisotopic (exact) mass is 446 g/mol. The van der Waals surface area contributed by atoms with Crippen LogP contribution in [0.4, 0.5) is 5.13 Å². The quantitative estimate of drug-likeness (QED) is 0.248. The van der Waals surface area contributed by atoms with Gasteiger partial charge in [0.15, 0.2) is 10.9 Å². The molecule has 2 atom stereocenters. The van der Waals surface area contributed by atoms with Crippen LogP contribution in [0.5, 0.6) is 0 Å². The van der Waals surface area contributed by atoms with E-state index in [-0.39, 0.29) is 0 Å². The van der Waals surface area contributed by atoms with Crippen LogP contribution in [0.15, 0.2) is 78.9 Å². The lowest BCUT2D eigenvalue weighted by Gasteiger charge is -2.25. The molecule has 31 heavy (non-hydrogen) atoms. The second kappa shape index (κ2) is 7.72. The second-order valence-corrected chi connectivity index (χ2v) is 8.59. The molecule has 1 aromatic heterocycles. The number of nitrogens with zero attached hydrogens (tertiary/aromatic N) is 2. The molecular formula is C24H15ClN2O3S.